The minimum Gasteiger partial charge on any atom is -0.496 e. The lowest BCUT2D eigenvalue weighted by atomic mass is 9.92. The minimum absolute atomic E-state index is 0.0749. The van der Waals surface area contributed by atoms with Crippen molar-refractivity contribution in [3.8, 4) is 16.9 Å². The van der Waals surface area contributed by atoms with E-state index in [1.807, 2.05) is 48.5 Å². The van der Waals surface area contributed by atoms with Gasteiger partial charge in [0.15, 0.2) is 0 Å². The quantitative estimate of drug-likeness (QED) is 0.464. The molecule has 1 amide bonds. The van der Waals surface area contributed by atoms with Crippen molar-refractivity contribution >= 4 is 29.2 Å². The van der Waals surface area contributed by atoms with Gasteiger partial charge in [0.25, 0.3) is 5.91 Å². The molecule has 0 saturated carbocycles. The molecule has 3 aromatic rings. The Morgan fingerprint density at radius 3 is 2.76 bits per heavy atom. The van der Waals surface area contributed by atoms with Crippen LogP contribution in [0.25, 0.3) is 22.8 Å². The summed E-state index contributed by atoms with van der Waals surface area (Å²) in [4.78, 5) is 27.6. The fourth-order valence-corrected chi connectivity index (χ4v) is 4.95. The standard InChI is InChI=1S/C27H26N2O4/c1-33-25-9-5-3-6-17(25)16-10-11-20-21(27(32)29-23(20)14-16)15-24-19(12-13-26(30)31)18-7-2-4-8-22(18)28-24/h3,5-6,9-11,14-15,28H,2,4,7-8,12-13H2,1H3,(H,29,32)(H,30,31)/b21-15+. The van der Waals surface area contributed by atoms with E-state index in [4.69, 9.17) is 4.74 Å². The van der Waals surface area contributed by atoms with E-state index in [1.165, 1.54) is 11.3 Å². The summed E-state index contributed by atoms with van der Waals surface area (Å²) in [5.41, 5.74) is 8.42. The number of aliphatic carboxylic acids is 1. The third-order valence-corrected chi connectivity index (χ3v) is 6.54. The zero-order chi connectivity index (χ0) is 22.9. The summed E-state index contributed by atoms with van der Waals surface area (Å²) in [6.45, 7) is 0. The molecular formula is C27H26N2O4. The lowest BCUT2D eigenvalue weighted by molar-refractivity contribution is -0.137. The number of ether oxygens (including phenoxy) is 1. The van der Waals surface area contributed by atoms with Crippen LogP contribution in [0.2, 0.25) is 0 Å². The van der Waals surface area contributed by atoms with Crippen LogP contribution in [0.1, 0.15) is 47.3 Å². The maximum atomic E-state index is 12.9. The molecule has 6 heteroatoms. The molecule has 0 saturated heterocycles. The van der Waals surface area contributed by atoms with E-state index in [9.17, 15) is 14.7 Å². The molecule has 0 radical (unpaired) electrons. The summed E-state index contributed by atoms with van der Waals surface area (Å²) in [5, 5.41) is 12.2. The highest BCUT2D eigenvalue weighted by Gasteiger charge is 2.27. The van der Waals surface area contributed by atoms with Gasteiger partial charge in [-0.3, -0.25) is 9.59 Å². The number of H-pyrrole nitrogens is 1. The Kier molecular flexibility index (Phi) is 5.50. The van der Waals surface area contributed by atoms with Crippen LogP contribution in [0.4, 0.5) is 5.69 Å². The number of aromatic nitrogens is 1. The summed E-state index contributed by atoms with van der Waals surface area (Å²) in [5.74, 6) is -0.191. The number of aryl methyl sites for hydroxylation is 1. The monoisotopic (exact) mass is 442 g/mol. The first-order valence-corrected chi connectivity index (χ1v) is 11.3. The summed E-state index contributed by atoms with van der Waals surface area (Å²) in [6, 6.07) is 13.7. The number of carboxylic acid groups (broad SMARTS) is 1. The maximum Gasteiger partial charge on any atom is 0.303 e. The van der Waals surface area contributed by atoms with Gasteiger partial charge in [-0.15, -0.1) is 0 Å². The van der Waals surface area contributed by atoms with E-state index >= 15 is 0 Å². The Balaban J connectivity index is 1.54. The van der Waals surface area contributed by atoms with Crippen LogP contribution in [-0.4, -0.2) is 29.1 Å². The van der Waals surface area contributed by atoms with Crippen molar-refractivity contribution in [2.45, 2.75) is 38.5 Å². The topological polar surface area (TPSA) is 91.4 Å². The van der Waals surface area contributed by atoms with Crippen LogP contribution in [0.15, 0.2) is 42.5 Å². The molecule has 1 aliphatic heterocycles. The Morgan fingerprint density at radius 2 is 1.94 bits per heavy atom. The SMILES string of the molecule is COc1ccccc1-c1ccc2c(c1)NC(=O)/C2=C/c1[nH]c2c(c1CCC(=O)O)CCCC2. The molecule has 5 rings (SSSR count). The zero-order valence-electron chi connectivity index (χ0n) is 18.5. The van der Waals surface area contributed by atoms with E-state index in [0.717, 1.165) is 65.1 Å². The van der Waals surface area contributed by atoms with E-state index < -0.39 is 5.97 Å². The zero-order valence-corrected chi connectivity index (χ0v) is 18.5. The van der Waals surface area contributed by atoms with Gasteiger partial charge in [-0.25, -0.2) is 0 Å². The predicted octanol–water partition coefficient (Wildman–Crippen LogP) is 5.08. The predicted molar refractivity (Wildman–Crippen MR) is 128 cm³/mol. The molecule has 168 valence electrons. The number of para-hydroxylation sites is 1. The van der Waals surface area contributed by atoms with Gasteiger partial charge in [0.1, 0.15) is 5.75 Å². The van der Waals surface area contributed by atoms with Gasteiger partial charge in [0, 0.05) is 34.6 Å². The highest BCUT2D eigenvalue weighted by Crippen LogP contribution is 2.39. The van der Waals surface area contributed by atoms with Crippen molar-refractivity contribution < 1.29 is 19.4 Å². The summed E-state index contributed by atoms with van der Waals surface area (Å²) in [6.07, 6.45) is 6.57. The Labute approximate surface area is 192 Å². The average molecular weight is 443 g/mol. The third-order valence-electron chi connectivity index (χ3n) is 6.54. The molecule has 0 atom stereocenters. The molecule has 1 aliphatic carbocycles. The first kappa shape index (κ1) is 21.1. The third kappa shape index (κ3) is 3.93. The first-order valence-electron chi connectivity index (χ1n) is 11.3. The Hall–Kier alpha value is -3.80. The number of hydrogen-bond donors (Lipinski definition) is 3. The summed E-state index contributed by atoms with van der Waals surface area (Å²) >= 11 is 0. The van der Waals surface area contributed by atoms with Crippen LogP contribution in [0.3, 0.4) is 0 Å². The van der Waals surface area contributed by atoms with Crippen LogP contribution in [0, 0.1) is 0 Å². The molecule has 0 fully saturated rings. The molecule has 3 N–H and O–H groups in total. The number of aromatic amines is 1. The largest absolute Gasteiger partial charge is 0.496 e. The number of carboxylic acids is 1. The van der Waals surface area contributed by atoms with E-state index in [-0.39, 0.29) is 12.3 Å². The molecule has 2 aliphatic rings. The fraction of sp³-hybridized carbons (Fsp3) is 0.259. The van der Waals surface area contributed by atoms with Crippen molar-refractivity contribution in [2.24, 2.45) is 0 Å². The summed E-state index contributed by atoms with van der Waals surface area (Å²) in [7, 11) is 1.65. The van der Waals surface area contributed by atoms with Crippen molar-refractivity contribution in [1.82, 2.24) is 4.98 Å². The van der Waals surface area contributed by atoms with Gasteiger partial charge >= 0.3 is 5.97 Å². The average Bonchev–Trinajstić information content (AvgIpc) is 3.33. The molecule has 2 heterocycles. The number of benzene rings is 2. The second-order valence-corrected chi connectivity index (χ2v) is 8.55. The highest BCUT2D eigenvalue weighted by molar-refractivity contribution is 6.35. The molecule has 33 heavy (non-hydrogen) atoms. The minimum atomic E-state index is -0.813. The lowest BCUT2D eigenvalue weighted by Crippen LogP contribution is -2.05. The van der Waals surface area contributed by atoms with Gasteiger partial charge in [-0.05, 0) is 67.0 Å². The number of nitrogens with one attached hydrogen (secondary N) is 2. The molecule has 2 aromatic carbocycles. The van der Waals surface area contributed by atoms with Gasteiger partial charge in [0.2, 0.25) is 0 Å². The van der Waals surface area contributed by atoms with Gasteiger partial charge < -0.3 is 20.1 Å². The second kappa shape index (κ2) is 8.62. The van der Waals surface area contributed by atoms with Crippen LogP contribution in [0.5, 0.6) is 5.75 Å². The fourth-order valence-electron chi connectivity index (χ4n) is 4.95. The number of fused-ring (bicyclic) bond motifs is 2. The van der Waals surface area contributed by atoms with Crippen LogP contribution >= 0.6 is 0 Å². The highest BCUT2D eigenvalue weighted by atomic mass is 16.5. The molecular weight excluding hydrogens is 416 g/mol. The molecule has 6 nitrogen and oxygen atoms in total. The first-order chi connectivity index (χ1) is 16.0. The van der Waals surface area contributed by atoms with Gasteiger partial charge in [-0.1, -0.05) is 30.3 Å². The smallest absolute Gasteiger partial charge is 0.303 e. The van der Waals surface area contributed by atoms with Crippen molar-refractivity contribution in [3.05, 3.63) is 70.5 Å². The number of carbonyl (C=O) groups is 2. The van der Waals surface area contributed by atoms with Crippen molar-refractivity contribution in [2.75, 3.05) is 12.4 Å². The summed E-state index contributed by atoms with van der Waals surface area (Å²) < 4.78 is 5.49. The van der Waals surface area contributed by atoms with E-state index in [2.05, 4.69) is 10.3 Å². The Bertz CT molecular complexity index is 1290. The number of carbonyl (C=O) groups excluding carboxylic acids is 1. The number of rotatable bonds is 6. The van der Waals surface area contributed by atoms with Gasteiger partial charge in [-0.2, -0.15) is 0 Å². The second-order valence-electron chi connectivity index (χ2n) is 8.55. The molecule has 0 bridgehead atoms. The number of anilines is 1. The molecule has 1 aromatic heterocycles. The molecule has 0 unspecified atom stereocenters. The number of hydrogen-bond acceptors (Lipinski definition) is 3. The normalized spacial score (nSPS) is 15.8. The van der Waals surface area contributed by atoms with E-state index in [0.29, 0.717) is 12.0 Å². The number of methoxy groups -OCH3 is 1. The molecule has 0 spiro atoms. The van der Waals surface area contributed by atoms with Gasteiger partial charge in [0.05, 0.1) is 12.7 Å². The van der Waals surface area contributed by atoms with Crippen LogP contribution < -0.4 is 10.1 Å². The maximum absolute atomic E-state index is 12.9. The van der Waals surface area contributed by atoms with Crippen molar-refractivity contribution in [3.63, 3.8) is 0 Å². The number of amides is 1. The Morgan fingerprint density at radius 1 is 1.12 bits per heavy atom. The lowest BCUT2D eigenvalue weighted by Gasteiger charge is -2.12. The van der Waals surface area contributed by atoms with Crippen molar-refractivity contribution in [1.29, 1.82) is 0 Å². The van der Waals surface area contributed by atoms with E-state index in [1.54, 1.807) is 7.11 Å². The van der Waals surface area contributed by atoms with Crippen LogP contribution in [-0.2, 0) is 28.9 Å².